The fourth-order valence-corrected chi connectivity index (χ4v) is 3.35. The van der Waals surface area contributed by atoms with Crippen LogP contribution in [0.5, 0.6) is 0 Å². The molecule has 9 heteroatoms. The van der Waals surface area contributed by atoms with E-state index in [1.54, 1.807) is 27.7 Å². The maximum absolute atomic E-state index is 12.3. The average molecular weight is 368 g/mol. The van der Waals surface area contributed by atoms with E-state index in [1.807, 2.05) is 12.3 Å². The van der Waals surface area contributed by atoms with Crippen LogP contribution < -0.4 is 10.6 Å². The second kappa shape index (κ2) is 7.27. The van der Waals surface area contributed by atoms with Crippen LogP contribution in [-0.4, -0.2) is 27.6 Å². The first kappa shape index (κ1) is 18.3. The van der Waals surface area contributed by atoms with Gasteiger partial charge < -0.3 is 10.1 Å². The molecule has 0 spiro atoms. The minimum atomic E-state index is -0.556. The first-order chi connectivity index (χ1) is 11.1. The summed E-state index contributed by atoms with van der Waals surface area (Å²) in [4.78, 5) is 33.0. The number of carbonyl (C=O) groups excluding carboxylic acids is 2. The molecule has 0 saturated carbocycles. The van der Waals surface area contributed by atoms with Gasteiger partial charge in [-0.2, -0.15) is 0 Å². The number of aryl methyl sites for hydroxylation is 2. The fourth-order valence-electron chi connectivity index (χ4n) is 1.77. The fraction of sp³-hybridized carbons (Fsp3) is 0.467. The van der Waals surface area contributed by atoms with Gasteiger partial charge in [0.25, 0.3) is 5.91 Å². The van der Waals surface area contributed by atoms with E-state index in [9.17, 15) is 9.59 Å². The number of thiazole rings is 2. The van der Waals surface area contributed by atoms with Gasteiger partial charge in [0.1, 0.15) is 15.5 Å². The highest BCUT2D eigenvalue weighted by molar-refractivity contribution is 7.15. The van der Waals surface area contributed by atoms with Crippen LogP contribution in [0, 0.1) is 13.8 Å². The highest BCUT2D eigenvalue weighted by Crippen LogP contribution is 2.21. The molecule has 0 aliphatic heterocycles. The standard InChI is InChI=1S/C15H20N4O3S2/c1-8-7-23-13(17-8)19-12(20)11-9(2)18-10(24-11)6-16-14(21)22-15(3,4)5/h7H,6H2,1-5H3,(H,16,21)(H,17,19,20). The molecule has 0 bridgehead atoms. The Bertz CT molecular complexity index is 746. The molecule has 0 radical (unpaired) electrons. The van der Waals surface area contributed by atoms with E-state index >= 15 is 0 Å². The Hall–Kier alpha value is -2.00. The van der Waals surface area contributed by atoms with E-state index in [4.69, 9.17) is 4.74 Å². The van der Waals surface area contributed by atoms with E-state index in [-0.39, 0.29) is 12.5 Å². The largest absolute Gasteiger partial charge is 0.444 e. The normalized spacial score (nSPS) is 11.2. The summed E-state index contributed by atoms with van der Waals surface area (Å²) in [5.41, 5.74) is 0.921. The number of nitrogens with one attached hydrogen (secondary N) is 2. The lowest BCUT2D eigenvalue weighted by atomic mass is 10.2. The lowest BCUT2D eigenvalue weighted by Crippen LogP contribution is -2.32. The molecule has 130 valence electrons. The summed E-state index contributed by atoms with van der Waals surface area (Å²) < 4.78 is 5.17. The number of anilines is 1. The zero-order chi connectivity index (χ0) is 17.9. The number of aromatic nitrogens is 2. The van der Waals surface area contributed by atoms with Crippen molar-refractivity contribution in [1.82, 2.24) is 15.3 Å². The Labute approximate surface area is 148 Å². The molecule has 0 saturated heterocycles. The van der Waals surface area contributed by atoms with Crippen LogP contribution in [0.3, 0.4) is 0 Å². The van der Waals surface area contributed by atoms with E-state index < -0.39 is 11.7 Å². The van der Waals surface area contributed by atoms with Crippen molar-refractivity contribution < 1.29 is 14.3 Å². The highest BCUT2D eigenvalue weighted by Gasteiger charge is 2.19. The quantitative estimate of drug-likeness (QED) is 0.861. The third-order valence-corrected chi connectivity index (χ3v) is 4.70. The second-order valence-corrected chi connectivity index (χ2v) is 8.07. The first-order valence-corrected chi connectivity index (χ1v) is 9.00. The molecule has 0 fully saturated rings. The van der Waals surface area contributed by atoms with Crippen LogP contribution in [0.2, 0.25) is 0 Å². The Kier molecular flexibility index (Phi) is 5.55. The van der Waals surface area contributed by atoms with Crippen LogP contribution in [-0.2, 0) is 11.3 Å². The number of rotatable bonds is 4. The van der Waals surface area contributed by atoms with Gasteiger partial charge in [-0.05, 0) is 34.6 Å². The Morgan fingerprint density at radius 1 is 1.25 bits per heavy atom. The number of hydrogen-bond donors (Lipinski definition) is 2. The third kappa shape index (κ3) is 5.27. The van der Waals surface area contributed by atoms with Crippen molar-refractivity contribution in [3.8, 4) is 0 Å². The average Bonchev–Trinajstić information content (AvgIpc) is 3.00. The minimum absolute atomic E-state index is 0.212. The van der Waals surface area contributed by atoms with Gasteiger partial charge in [0.2, 0.25) is 0 Å². The van der Waals surface area contributed by atoms with Crippen molar-refractivity contribution in [3.63, 3.8) is 0 Å². The van der Waals surface area contributed by atoms with Gasteiger partial charge in [-0.3, -0.25) is 10.1 Å². The summed E-state index contributed by atoms with van der Waals surface area (Å²) in [6.45, 7) is 9.22. The van der Waals surface area contributed by atoms with Crippen molar-refractivity contribution in [3.05, 3.63) is 26.7 Å². The molecule has 0 unspecified atom stereocenters. The monoisotopic (exact) mass is 368 g/mol. The Balaban J connectivity index is 1.96. The maximum atomic E-state index is 12.3. The lowest BCUT2D eigenvalue weighted by molar-refractivity contribution is 0.0523. The molecule has 0 aliphatic carbocycles. The van der Waals surface area contributed by atoms with Crippen molar-refractivity contribution in [2.45, 2.75) is 46.8 Å². The summed E-state index contributed by atoms with van der Waals surface area (Å²) >= 11 is 2.61. The molecule has 7 nitrogen and oxygen atoms in total. The Morgan fingerprint density at radius 2 is 1.96 bits per heavy atom. The van der Waals surface area contributed by atoms with Crippen LogP contribution in [0.25, 0.3) is 0 Å². The molecule has 2 rings (SSSR count). The predicted molar refractivity (Wildman–Crippen MR) is 94.7 cm³/mol. The van der Waals surface area contributed by atoms with Crippen molar-refractivity contribution in [2.24, 2.45) is 0 Å². The molecule has 2 N–H and O–H groups in total. The topological polar surface area (TPSA) is 93.2 Å². The predicted octanol–water partition coefficient (Wildman–Crippen LogP) is 3.49. The molecular weight excluding hydrogens is 348 g/mol. The molecule has 2 heterocycles. The molecule has 0 aliphatic rings. The van der Waals surface area contributed by atoms with Crippen LogP contribution in [0.1, 0.15) is 46.8 Å². The lowest BCUT2D eigenvalue weighted by Gasteiger charge is -2.19. The van der Waals surface area contributed by atoms with Gasteiger partial charge in [-0.1, -0.05) is 0 Å². The zero-order valence-corrected chi connectivity index (χ0v) is 15.9. The van der Waals surface area contributed by atoms with Gasteiger partial charge in [0.05, 0.1) is 17.9 Å². The van der Waals surface area contributed by atoms with Crippen molar-refractivity contribution in [2.75, 3.05) is 5.32 Å². The van der Waals surface area contributed by atoms with Gasteiger partial charge in [-0.25, -0.2) is 14.8 Å². The number of nitrogens with zero attached hydrogens (tertiary/aromatic N) is 2. The van der Waals surface area contributed by atoms with Gasteiger partial charge in [0.15, 0.2) is 5.13 Å². The summed E-state index contributed by atoms with van der Waals surface area (Å²) in [5, 5.41) is 8.45. The van der Waals surface area contributed by atoms with Gasteiger partial charge in [0, 0.05) is 5.38 Å². The number of alkyl carbamates (subject to hydrolysis) is 1. The van der Waals surface area contributed by atoms with Crippen LogP contribution >= 0.6 is 22.7 Å². The zero-order valence-electron chi connectivity index (χ0n) is 14.2. The third-order valence-electron chi connectivity index (χ3n) is 2.67. The maximum Gasteiger partial charge on any atom is 0.408 e. The SMILES string of the molecule is Cc1csc(NC(=O)c2sc(CNC(=O)OC(C)(C)C)nc2C)n1. The first-order valence-electron chi connectivity index (χ1n) is 7.30. The van der Waals surface area contributed by atoms with Crippen LogP contribution in [0.15, 0.2) is 5.38 Å². The second-order valence-electron chi connectivity index (χ2n) is 6.13. The highest BCUT2D eigenvalue weighted by atomic mass is 32.1. The molecule has 2 aromatic heterocycles. The van der Waals surface area contributed by atoms with Crippen molar-refractivity contribution >= 4 is 39.8 Å². The summed E-state index contributed by atoms with van der Waals surface area (Å²) in [5.74, 6) is -0.247. The van der Waals surface area contributed by atoms with E-state index in [2.05, 4.69) is 20.6 Å². The number of ether oxygens (including phenoxy) is 1. The molecule has 2 amide bonds. The van der Waals surface area contributed by atoms with Gasteiger partial charge in [-0.15, -0.1) is 22.7 Å². The number of amides is 2. The number of carbonyl (C=O) groups is 2. The van der Waals surface area contributed by atoms with Crippen LogP contribution in [0.4, 0.5) is 9.93 Å². The minimum Gasteiger partial charge on any atom is -0.444 e. The van der Waals surface area contributed by atoms with Crippen molar-refractivity contribution in [1.29, 1.82) is 0 Å². The molecule has 2 aromatic rings. The van der Waals surface area contributed by atoms with E-state index in [1.165, 1.54) is 22.7 Å². The summed E-state index contributed by atoms with van der Waals surface area (Å²) in [6.07, 6.45) is -0.514. The number of hydrogen-bond acceptors (Lipinski definition) is 7. The smallest absolute Gasteiger partial charge is 0.408 e. The van der Waals surface area contributed by atoms with Gasteiger partial charge >= 0.3 is 6.09 Å². The van der Waals surface area contributed by atoms with E-state index in [0.29, 0.717) is 20.7 Å². The molecular formula is C15H20N4O3S2. The molecule has 0 aromatic carbocycles. The summed E-state index contributed by atoms with van der Waals surface area (Å²) in [6, 6.07) is 0. The Morgan fingerprint density at radius 3 is 2.54 bits per heavy atom. The van der Waals surface area contributed by atoms with E-state index in [0.717, 1.165) is 5.69 Å². The molecule has 24 heavy (non-hydrogen) atoms. The summed E-state index contributed by atoms with van der Waals surface area (Å²) in [7, 11) is 0. The molecule has 0 atom stereocenters.